The van der Waals surface area contributed by atoms with Gasteiger partial charge in [-0.3, -0.25) is 9.59 Å². The van der Waals surface area contributed by atoms with E-state index in [4.69, 9.17) is 9.47 Å². The first kappa shape index (κ1) is 22.3. The second-order valence-corrected chi connectivity index (χ2v) is 9.51. The number of hydrogen-bond acceptors (Lipinski definition) is 4. The fraction of sp³-hybridized carbons (Fsp3) is 0.407. The monoisotopic (exact) mass is 461 g/mol. The van der Waals surface area contributed by atoms with E-state index in [0.29, 0.717) is 18.8 Å². The van der Waals surface area contributed by atoms with Gasteiger partial charge in [-0.15, -0.1) is 0 Å². The van der Waals surface area contributed by atoms with Crippen LogP contribution in [0.1, 0.15) is 48.7 Å². The molecule has 2 heterocycles. The summed E-state index contributed by atoms with van der Waals surface area (Å²) >= 11 is 0. The van der Waals surface area contributed by atoms with Gasteiger partial charge in [-0.05, 0) is 55.7 Å². The molecule has 1 aliphatic heterocycles. The Hall–Kier alpha value is -3.48. The van der Waals surface area contributed by atoms with Crippen LogP contribution >= 0.6 is 0 Å². The topological polar surface area (TPSA) is 72.8 Å². The molecule has 2 aliphatic rings. The summed E-state index contributed by atoms with van der Waals surface area (Å²) in [6.07, 6.45) is 4.22. The van der Waals surface area contributed by atoms with Crippen molar-refractivity contribution in [1.29, 1.82) is 0 Å². The van der Waals surface area contributed by atoms with E-state index < -0.39 is 5.54 Å². The standard InChI is InChI=1S/C27H31N3O4/c1-27(26(32)28-20-8-4-5-9-20)17-29-23-15-22(34-3)12-11-19(23)14-24(29)25(31)30(27)16-18-7-6-10-21(13-18)33-2/h6-7,10-15,20H,4-5,8-9,16-17H2,1-3H3,(H,28,32). The fourth-order valence-corrected chi connectivity index (χ4v) is 5.27. The van der Waals surface area contributed by atoms with Crippen LogP contribution in [0.3, 0.4) is 0 Å². The molecule has 1 unspecified atom stereocenters. The lowest BCUT2D eigenvalue weighted by molar-refractivity contribution is -0.133. The van der Waals surface area contributed by atoms with Gasteiger partial charge in [0.1, 0.15) is 22.7 Å². The molecule has 3 aromatic rings. The minimum atomic E-state index is -1.05. The second kappa shape index (κ2) is 8.70. The van der Waals surface area contributed by atoms with E-state index in [-0.39, 0.29) is 17.9 Å². The van der Waals surface area contributed by atoms with Crippen molar-refractivity contribution >= 4 is 22.7 Å². The number of amides is 2. The highest BCUT2D eigenvalue weighted by molar-refractivity contribution is 6.03. The minimum Gasteiger partial charge on any atom is -0.497 e. The highest BCUT2D eigenvalue weighted by Crippen LogP contribution is 2.35. The van der Waals surface area contributed by atoms with Crippen LogP contribution in [0.4, 0.5) is 0 Å². The van der Waals surface area contributed by atoms with Crippen LogP contribution in [0.15, 0.2) is 48.5 Å². The van der Waals surface area contributed by atoms with Crippen LogP contribution in [-0.2, 0) is 17.9 Å². The molecule has 178 valence electrons. The zero-order valence-electron chi connectivity index (χ0n) is 20.0. The highest BCUT2D eigenvalue weighted by atomic mass is 16.5. The predicted molar refractivity (Wildman–Crippen MR) is 130 cm³/mol. The number of hydrogen-bond donors (Lipinski definition) is 1. The molecule has 1 aliphatic carbocycles. The fourth-order valence-electron chi connectivity index (χ4n) is 5.27. The van der Waals surface area contributed by atoms with Gasteiger partial charge in [0.15, 0.2) is 0 Å². The Balaban J connectivity index is 1.58. The number of carbonyl (C=O) groups is 2. The zero-order chi connectivity index (χ0) is 23.9. The number of ether oxygens (including phenoxy) is 2. The number of nitrogens with one attached hydrogen (secondary N) is 1. The van der Waals surface area contributed by atoms with E-state index >= 15 is 0 Å². The average Bonchev–Trinajstić information content (AvgIpc) is 3.49. The lowest BCUT2D eigenvalue weighted by Crippen LogP contribution is -2.64. The Morgan fingerprint density at radius 3 is 2.53 bits per heavy atom. The maximum atomic E-state index is 13.9. The first-order valence-corrected chi connectivity index (χ1v) is 11.9. The molecule has 5 rings (SSSR count). The molecule has 0 bridgehead atoms. The summed E-state index contributed by atoms with van der Waals surface area (Å²) in [6.45, 7) is 2.56. The zero-order valence-corrected chi connectivity index (χ0v) is 20.0. The number of nitrogens with zero attached hydrogens (tertiary/aromatic N) is 2. The van der Waals surface area contributed by atoms with E-state index in [1.54, 1.807) is 19.1 Å². The maximum Gasteiger partial charge on any atom is 0.271 e. The third-order valence-electron chi connectivity index (χ3n) is 7.29. The van der Waals surface area contributed by atoms with Crippen molar-refractivity contribution < 1.29 is 19.1 Å². The van der Waals surface area contributed by atoms with E-state index in [0.717, 1.165) is 53.6 Å². The largest absolute Gasteiger partial charge is 0.497 e. The van der Waals surface area contributed by atoms with E-state index in [1.165, 1.54) is 0 Å². The van der Waals surface area contributed by atoms with Gasteiger partial charge < -0.3 is 24.3 Å². The van der Waals surface area contributed by atoms with Gasteiger partial charge in [0.05, 0.1) is 26.3 Å². The number of fused-ring (bicyclic) bond motifs is 3. The molecule has 2 amide bonds. The summed E-state index contributed by atoms with van der Waals surface area (Å²) in [5, 5.41) is 4.20. The smallest absolute Gasteiger partial charge is 0.271 e. The van der Waals surface area contributed by atoms with E-state index in [1.807, 2.05) is 60.0 Å². The molecular formula is C27H31N3O4. The van der Waals surface area contributed by atoms with Crippen molar-refractivity contribution in [2.24, 2.45) is 0 Å². The van der Waals surface area contributed by atoms with Crippen molar-refractivity contribution in [2.75, 3.05) is 14.2 Å². The summed E-state index contributed by atoms with van der Waals surface area (Å²) < 4.78 is 12.8. The molecule has 0 saturated heterocycles. The maximum absolute atomic E-state index is 13.9. The lowest BCUT2D eigenvalue weighted by Gasteiger charge is -2.44. The molecule has 2 aromatic carbocycles. The van der Waals surface area contributed by atoms with Crippen molar-refractivity contribution in [3.63, 3.8) is 0 Å². The summed E-state index contributed by atoms with van der Waals surface area (Å²) in [4.78, 5) is 29.4. The normalized spacial score (nSPS) is 20.4. The molecule has 7 heteroatoms. The van der Waals surface area contributed by atoms with Crippen molar-refractivity contribution in [3.05, 3.63) is 59.8 Å². The van der Waals surface area contributed by atoms with Crippen LogP contribution in [-0.4, -0.2) is 47.1 Å². The first-order valence-electron chi connectivity index (χ1n) is 11.9. The molecule has 0 spiro atoms. The van der Waals surface area contributed by atoms with Gasteiger partial charge in [0, 0.05) is 24.0 Å². The van der Waals surface area contributed by atoms with Crippen LogP contribution in [0, 0.1) is 0 Å². The number of carbonyl (C=O) groups excluding carboxylic acids is 2. The SMILES string of the molecule is COc1cccc(CN2C(=O)c3cc4ccc(OC)cc4n3CC2(C)C(=O)NC2CCCC2)c1. The summed E-state index contributed by atoms with van der Waals surface area (Å²) in [7, 11) is 3.25. The van der Waals surface area contributed by atoms with Gasteiger partial charge in [-0.25, -0.2) is 0 Å². The molecule has 1 saturated carbocycles. The number of methoxy groups -OCH3 is 2. The van der Waals surface area contributed by atoms with Gasteiger partial charge in [-0.2, -0.15) is 0 Å². The Morgan fingerprint density at radius 1 is 1.06 bits per heavy atom. The van der Waals surface area contributed by atoms with Gasteiger partial charge >= 0.3 is 0 Å². The molecule has 34 heavy (non-hydrogen) atoms. The molecule has 1 N–H and O–H groups in total. The molecule has 1 aromatic heterocycles. The van der Waals surface area contributed by atoms with E-state index in [9.17, 15) is 9.59 Å². The third-order valence-corrected chi connectivity index (χ3v) is 7.29. The van der Waals surface area contributed by atoms with Crippen LogP contribution in [0.5, 0.6) is 11.5 Å². The minimum absolute atomic E-state index is 0.106. The van der Waals surface area contributed by atoms with Crippen LogP contribution in [0.25, 0.3) is 10.9 Å². The first-order chi connectivity index (χ1) is 16.4. The lowest BCUT2D eigenvalue weighted by atomic mass is 9.93. The quantitative estimate of drug-likeness (QED) is 0.599. The van der Waals surface area contributed by atoms with Gasteiger partial charge in [0.25, 0.3) is 5.91 Å². The van der Waals surface area contributed by atoms with Crippen molar-refractivity contribution in [3.8, 4) is 11.5 Å². The Morgan fingerprint density at radius 2 is 1.79 bits per heavy atom. The Kier molecular flexibility index (Phi) is 5.71. The Labute approximate surface area is 199 Å². The Bertz CT molecular complexity index is 1240. The molecule has 7 nitrogen and oxygen atoms in total. The van der Waals surface area contributed by atoms with Crippen molar-refractivity contribution in [2.45, 2.75) is 57.3 Å². The van der Waals surface area contributed by atoms with Gasteiger partial charge in [-0.1, -0.05) is 25.0 Å². The molecule has 0 radical (unpaired) electrons. The average molecular weight is 462 g/mol. The third kappa shape index (κ3) is 3.79. The summed E-state index contributed by atoms with van der Waals surface area (Å²) in [5.74, 6) is 1.18. The van der Waals surface area contributed by atoms with Gasteiger partial charge in [0.2, 0.25) is 5.91 Å². The second-order valence-electron chi connectivity index (χ2n) is 9.51. The van der Waals surface area contributed by atoms with Crippen LogP contribution < -0.4 is 14.8 Å². The summed E-state index contributed by atoms with van der Waals surface area (Å²) in [6, 6.07) is 15.5. The summed E-state index contributed by atoms with van der Waals surface area (Å²) in [5.41, 5.74) is 1.34. The molecule has 1 atom stereocenters. The number of aromatic nitrogens is 1. The molecular weight excluding hydrogens is 430 g/mol. The van der Waals surface area contributed by atoms with Crippen LogP contribution in [0.2, 0.25) is 0 Å². The predicted octanol–water partition coefficient (Wildman–Crippen LogP) is 4.13. The number of rotatable bonds is 6. The van der Waals surface area contributed by atoms with E-state index in [2.05, 4.69) is 5.32 Å². The highest BCUT2D eigenvalue weighted by Gasteiger charge is 2.48. The number of benzene rings is 2. The molecule has 1 fully saturated rings. The van der Waals surface area contributed by atoms with Crippen molar-refractivity contribution in [1.82, 2.24) is 14.8 Å².